The van der Waals surface area contributed by atoms with Crippen LogP contribution in [0.15, 0.2) is 192 Å². The molecule has 3 heteroatoms. The van der Waals surface area contributed by atoms with Gasteiger partial charge in [0.25, 0.3) is 0 Å². The van der Waals surface area contributed by atoms with Gasteiger partial charge in [-0.25, -0.2) is 0 Å². The van der Waals surface area contributed by atoms with Crippen molar-refractivity contribution in [2.45, 2.75) is 0 Å². The summed E-state index contributed by atoms with van der Waals surface area (Å²) in [5.74, 6) is 0. The van der Waals surface area contributed by atoms with Gasteiger partial charge in [-0.2, -0.15) is 0 Å². The van der Waals surface area contributed by atoms with Gasteiger partial charge < -0.3 is 9.32 Å². The van der Waals surface area contributed by atoms with E-state index in [4.69, 9.17) is 4.42 Å². The molecule has 0 fully saturated rings. The fourth-order valence-corrected chi connectivity index (χ4v) is 8.75. The zero-order valence-corrected chi connectivity index (χ0v) is 28.5. The lowest BCUT2D eigenvalue weighted by Gasteiger charge is -2.28. The van der Waals surface area contributed by atoms with Gasteiger partial charge in [0.15, 0.2) is 0 Å². The summed E-state index contributed by atoms with van der Waals surface area (Å²) in [5, 5.41) is 4.69. The van der Waals surface area contributed by atoms with E-state index in [0.717, 1.165) is 50.1 Å². The second-order valence-corrected chi connectivity index (χ2v) is 13.9. The molecule has 2 aromatic heterocycles. The van der Waals surface area contributed by atoms with E-state index in [0.29, 0.717) is 0 Å². The zero-order chi connectivity index (χ0) is 33.7. The van der Waals surface area contributed by atoms with Crippen molar-refractivity contribution in [2.75, 3.05) is 4.90 Å². The molecule has 0 bridgehead atoms. The zero-order valence-electron chi connectivity index (χ0n) is 27.7. The summed E-state index contributed by atoms with van der Waals surface area (Å²) in [7, 11) is 0. The van der Waals surface area contributed by atoms with Crippen LogP contribution in [0.4, 0.5) is 17.1 Å². The second-order valence-electron chi connectivity index (χ2n) is 12.9. The lowest BCUT2D eigenvalue weighted by atomic mass is 9.97. The molecule has 0 saturated carbocycles. The molecular formula is C48H31NOS. The molecular weight excluding hydrogens is 639 g/mol. The predicted molar refractivity (Wildman–Crippen MR) is 218 cm³/mol. The Hall–Kier alpha value is -6.42. The van der Waals surface area contributed by atoms with E-state index in [1.807, 2.05) is 17.4 Å². The van der Waals surface area contributed by atoms with Crippen LogP contribution in [0.3, 0.4) is 0 Å². The lowest BCUT2D eigenvalue weighted by Crippen LogP contribution is -2.11. The summed E-state index contributed by atoms with van der Waals surface area (Å²) < 4.78 is 9.20. The number of para-hydroxylation sites is 1. The highest BCUT2D eigenvalue weighted by Gasteiger charge is 2.25. The smallest absolute Gasteiger partial charge is 0.138 e. The number of rotatable bonds is 6. The minimum Gasteiger partial charge on any atom is -0.456 e. The molecule has 2 heterocycles. The summed E-state index contributed by atoms with van der Waals surface area (Å²) in [5.41, 5.74) is 12.1. The first kappa shape index (κ1) is 29.5. The summed E-state index contributed by atoms with van der Waals surface area (Å²) >= 11 is 1.87. The van der Waals surface area contributed by atoms with E-state index in [1.54, 1.807) is 0 Å². The lowest BCUT2D eigenvalue weighted by molar-refractivity contribution is 0.669. The van der Waals surface area contributed by atoms with Crippen molar-refractivity contribution in [3.8, 4) is 33.4 Å². The maximum Gasteiger partial charge on any atom is 0.138 e. The van der Waals surface area contributed by atoms with Crippen molar-refractivity contribution in [1.29, 1.82) is 0 Å². The van der Waals surface area contributed by atoms with Gasteiger partial charge in [-0.1, -0.05) is 146 Å². The Morgan fingerprint density at radius 1 is 0.392 bits per heavy atom. The first-order valence-electron chi connectivity index (χ1n) is 17.3. The molecule has 51 heavy (non-hydrogen) atoms. The highest BCUT2D eigenvalue weighted by Crippen LogP contribution is 2.51. The third-order valence-electron chi connectivity index (χ3n) is 9.87. The first-order chi connectivity index (χ1) is 25.3. The fraction of sp³-hybridized carbons (Fsp3) is 0. The first-order valence-corrected chi connectivity index (χ1v) is 18.1. The second kappa shape index (κ2) is 12.2. The summed E-state index contributed by atoms with van der Waals surface area (Å²) in [4.78, 5) is 2.46. The Labute approximate surface area is 300 Å². The van der Waals surface area contributed by atoms with Crippen molar-refractivity contribution in [1.82, 2.24) is 0 Å². The SMILES string of the molecule is c1ccc(-c2ccc(N(c3cc(-c4ccccc4)cc4oc5ccccc5c34)c3ccc(-c4ccccc4)c4sc5ccccc5c34)cc2)cc1. The van der Waals surface area contributed by atoms with Crippen LogP contribution in [0.5, 0.6) is 0 Å². The number of nitrogens with zero attached hydrogens (tertiary/aromatic N) is 1. The van der Waals surface area contributed by atoms with Crippen LogP contribution in [0.1, 0.15) is 0 Å². The standard InChI is InChI=1S/C48H31NOS/c1-4-14-32(15-5-1)34-24-26-37(27-25-34)49(41-29-28-38(35-18-8-3-9-19-35)48-47(41)40-21-11-13-23-45(40)51-48)42-30-36(33-16-6-2-7-17-33)31-44-46(42)39-20-10-12-22-43(39)50-44/h1-31H. The third kappa shape index (κ3) is 5.01. The number of fused-ring (bicyclic) bond motifs is 6. The number of benzene rings is 8. The van der Waals surface area contributed by atoms with E-state index < -0.39 is 0 Å². The molecule has 0 aliphatic rings. The Bertz CT molecular complexity index is 2840. The highest BCUT2D eigenvalue weighted by atomic mass is 32.1. The minimum atomic E-state index is 0.866. The van der Waals surface area contributed by atoms with Gasteiger partial charge in [-0.05, 0) is 75.8 Å². The summed E-state index contributed by atoms with van der Waals surface area (Å²) in [6.07, 6.45) is 0. The largest absolute Gasteiger partial charge is 0.456 e. The average Bonchev–Trinajstić information content (AvgIpc) is 3.79. The third-order valence-corrected chi connectivity index (χ3v) is 11.1. The number of anilines is 3. The Morgan fingerprint density at radius 2 is 0.980 bits per heavy atom. The highest BCUT2D eigenvalue weighted by molar-refractivity contribution is 7.26. The van der Waals surface area contributed by atoms with Gasteiger partial charge in [0, 0.05) is 31.2 Å². The summed E-state index contributed by atoms with van der Waals surface area (Å²) in [6, 6.07) is 67.3. The van der Waals surface area contributed by atoms with Crippen LogP contribution < -0.4 is 4.90 Å². The van der Waals surface area contributed by atoms with Gasteiger partial charge >= 0.3 is 0 Å². The molecule has 0 radical (unpaired) electrons. The molecule has 0 atom stereocenters. The molecule has 0 spiro atoms. The molecule has 240 valence electrons. The van der Waals surface area contributed by atoms with E-state index >= 15 is 0 Å². The molecule has 0 saturated heterocycles. The predicted octanol–water partition coefficient (Wildman–Crippen LogP) is 14.4. The topological polar surface area (TPSA) is 16.4 Å². The van der Waals surface area contributed by atoms with Crippen LogP contribution in [0.25, 0.3) is 75.5 Å². The maximum absolute atomic E-state index is 6.65. The summed E-state index contributed by atoms with van der Waals surface area (Å²) in [6.45, 7) is 0. The van der Waals surface area contributed by atoms with Crippen LogP contribution in [-0.2, 0) is 0 Å². The van der Waals surface area contributed by atoms with Crippen molar-refractivity contribution >= 4 is 70.5 Å². The molecule has 0 N–H and O–H groups in total. The number of thiophene rings is 1. The van der Waals surface area contributed by atoms with Crippen molar-refractivity contribution in [3.63, 3.8) is 0 Å². The van der Waals surface area contributed by atoms with Gasteiger partial charge in [-0.3, -0.25) is 0 Å². The van der Waals surface area contributed by atoms with E-state index in [9.17, 15) is 0 Å². The number of hydrogen-bond acceptors (Lipinski definition) is 3. The molecule has 0 amide bonds. The van der Waals surface area contributed by atoms with E-state index in [-0.39, 0.29) is 0 Å². The fourth-order valence-electron chi connectivity index (χ4n) is 7.49. The minimum absolute atomic E-state index is 0.866. The quantitative estimate of drug-likeness (QED) is 0.175. The van der Waals surface area contributed by atoms with Crippen molar-refractivity contribution in [2.24, 2.45) is 0 Å². The van der Waals surface area contributed by atoms with E-state index in [1.165, 1.54) is 42.4 Å². The van der Waals surface area contributed by atoms with Crippen molar-refractivity contribution in [3.05, 3.63) is 188 Å². The average molecular weight is 670 g/mol. The Balaban J connectivity index is 1.32. The van der Waals surface area contributed by atoms with Crippen LogP contribution in [-0.4, -0.2) is 0 Å². The van der Waals surface area contributed by atoms with Gasteiger partial charge in [0.05, 0.1) is 16.8 Å². The molecule has 0 aliphatic carbocycles. The van der Waals surface area contributed by atoms with Gasteiger partial charge in [-0.15, -0.1) is 11.3 Å². The van der Waals surface area contributed by atoms with Crippen molar-refractivity contribution < 1.29 is 4.42 Å². The maximum atomic E-state index is 6.65. The Morgan fingerprint density at radius 3 is 1.71 bits per heavy atom. The normalized spacial score (nSPS) is 11.5. The molecule has 2 nitrogen and oxygen atoms in total. The van der Waals surface area contributed by atoms with Crippen LogP contribution in [0.2, 0.25) is 0 Å². The monoisotopic (exact) mass is 669 g/mol. The number of furan rings is 1. The molecule has 10 rings (SSSR count). The van der Waals surface area contributed by atoms with Crippen LogP contribution in [0, 0.1) is 0 Å². The van der Waals surface area contributed by atoms with E-state index in [2.05, 4.69) is 187 Å². The molecule has 0 unspecified atom stereocenters. The Kier molecular flexibility index (Phi) is 7.04. The number of hydrogen-bond donors (Lipinski definition) is 0. The molecule has 10 aromatic rings. The molecule has 8 aromatic carbocycles. The molecule has 0 aliphatic heterocycles. The van der Waals surface area contributed by atoms with Crippen LogP contribution >= 0.6 is 11.3 Å². The van der Waals surface area contributed by atoms with Gasteiger partial charge in [0.1, 0.15) is 11.2 Å². The van der Waals surface area contributed by atoms with Gasteiger partial charge in [0.2, 0.25) is 0 Å².